The Balaban J connectivity index is 1.25. The van der Waals surface area contributed by atoms with Gasteiger partial charge < -0.3 is 29.2 Å². The van der Waals surface area contributed by atoms with Gasteiger partial charge >= 0.3 is 5.97 Å². The highest BCUT2D eigenvalue weighted by molar-refractivity contribution is 7.89. The van der Waals surface area contributed by atoms with Crippen molar-refractivity contribution in [2.45, 2.75) is 120 Å². The molecule has 3 fully saturated rings. The Morgan fingerprint density at radius 1 is 1.06 bits per heavy atom. The van der Waals surface area contributed by atoms with Gasteiger partial charge in [0.2, 0.25) is 21.8 Å². The zero-order chi connectivity index (χ0) is 37.5. The molecule has 12 nitrogen and oxygen atoms in total. The fourth-order valence-corrected chi connectivity index (χ4v) is 7.47. The molecule has 8 atom stereocenters. The third-order valence-corrected chi connectivity index (χ3v) is 11.5. The van der Waals surface area contributed by atoms with Crippen molar-refractivity contribution >= 4 is 27.8 Å². The number of allylic oxidation sites excluding steroid dienone is 2. The highest BCUT2D eigenvalue weighted by atomic mass is 32.2. The topological polar surface area (TPSA) is 144 Å². The number of carbonyl (C=O) groups is 3. The number of ether oxygens (including phenoxy) is 4. The maximum absolute atomic E-state index is 13.2. The van der Waals surface area contributed by atoms with Crippen molar-refractivity contribution in [2.24, 2.45) is 5.92 Å². The summed E-state index contributed by atoms with van der Waals surface area (Å²) in [5.74, 6) is -0.464. The highest BCUT2D eigenvalue weighted by Crippen LogP contribution is 2.43. The van der Waals surface area contributed by atoms with Crippen LogP contribution in [0.1, 0.15) is 72.3 Å². The van der Waals surface area contributed by atoms with E-state index < -0.39 is 22.1 Å². The largest absolute Gasteiger partial charge is 0.459 e. The minimum absolute atomic E-state index is 0.0153. The van der Waals surface area contributed by atoms with E-state index in [0.29, 0.717) is 19.6 Å². The minimum atomic E-state index is -3.52. The Morgan fingerprint density at radius 3 is 2.37 bits per heavy atom. The number of sulfonamides is 1. The van der Waals surface area contributed by atoms with Gasteiger partial charge in [-0.15, -0.1) is 0 Å². The molecule has 1 unspecified atom stereocenters. The number of carbonyl (C=O) groups excluding carboxylic acids is 3. The average Bonchev–Trinajstić information content (AvgIpc) is 3.80. The van der Waals surface area contributed by atoms with Gasteiger partial charge in [0, 0.05) is 53.5 Å². The molecule has 282 valence electrons. The monoisotopic (exact) mass is 729 g/mol. The first-order valence-electron chi connectivity index (χ1n) is 17.7. The summed E-state index contributed by atoms with van der Waals surface area (Å²) < 4.78 is 49.5. The Morgan fingerprint density at radius 2 is 1.75 bits per heavy atom. The first kappa shape index (κ1) is 40.4. The summed E-state index contributed by atoms with van der Waals surface area (Å²) in [7, 11) is 1.21. The standard InChI is InChI=1S/C38H55N3O9S/c1-25(10-17-35-26(2)19-34(28(4)49-35)39-36(43)18-11-27(3)48-29(5)42)9-14-31-21-38(24-47-38)22-32(50-31)20-37(44)41(8)23-30-12-15-33(16-13-30)51(45,46)40(6)7/h9-16,18,26-28,31-32,34-35H,17,19-24H2,1-8H3,(H,39,43)/b14-9+,18-11?,25-10+/t26-,27?,28+,31+,32+,34+,35-,38+/m0/s1. The van der Waals surface area contributed by atoms with Crippen LogP contribution in [-0.2, 0) is 49.9 Å². The van der Waals surface area contributed by atoms with Crippen molar-refractivity contribution in [3.8, 4) is 0 Å². The number of nitrogens with one attached hydrogen (secondary N) is 1. The molecule has 3 aliphatic heterocycles. The summed E-state index contributed by atoms with van der Waals surface area (Å²) in [6.45, 7) is 10.2. The second kappa shape index (κ2) is 17.4. The van der Waals surface area contributed by atoms with Crippen LogP contribution in [0.4, 0.5) is 0 Å². The number of benzene rings is 1. The van der Waals surface area contributed by atoms with Crippen LogP contribution >= 0.6 is 0 Å². The zero-order valence-electron chi connectivity index (χ0n) is 31.2. The van der Waals surface area contributed by atoms with Gasteiger partial charge in [-0.2, -0.15) is 0 Å². The second-order valence-corrected chi connectivity index (χ2v) is 16.6. The van der Waals surface area contributed by atoms with Crippen LogP contribution in [0.25, 0.3) is 0 Å². The molecule has 51 heavy (non-hydrogen) atoms. The van der Waals surface area contributed by atoms with E-state index in [1.807, 2.05) is 19.9 Å². The lowest BCUT2D eigenvalue weighted by Gasteiger charge is -2.39. The van der Waals surface area contributed by atoms with Crippen molar-refractivity contribution in [3.63, 3.8) is 0 Å². The van der Waals surface area contributed by atoms with Crippen molar-refractivity contribution in [3.05, 3.63) is 65.8 Å². The number of nitrogens with zero attached hydrogens (tertiary/aromatic N) is 2. The summed E-state index contributed by atoms with van der Waals surface area (Å²) in [4.78, 5) is 38.6. The van der Waals surface area contributed by atoms with E-state index >= 15 is 0 Å². The molecule has 13 heteroatoms. The molecular weight excluding hydrogens is 674 g/mol. The van der Waals surface area contributed by atoms with Gasteiger partial charge in [-0.3, -0.25) is 14.4 Å². The van der Waals surface area contributed by atoms with Gasteiger partial charge in [-0.05, 0) is 63.3 Å². The Hall–Kier alpha value is -3.36. The van der Waals surface area contributed by atoms with Crippen LogP contribution in [-0.4, -0.2) is 105 Å². The Labute approximate surface area is 303 Å². The lowest BCUT2D eigenvalue weighted by molar-refractivity contribution is -0.143. The SMILES string of the molecule is CC(=O)OC(C)C=CC(=O)N[C@@H]1C[C@H](C)[C@H](C/C=C(C)/C=C/[C@@H]2C[C@]3(CO3)C[C@@H](CC(=O)N(C)Cc3ccc(S(=O)(=O)N(C)C)cc3)O2)O[C@@H]1C. The number of esters is 1. The molecule has 0 bridgehead atoms. The van der Waals surface area contributed by atoms with Crippen molar-refractivity contribution < 1.29 is 41.7 Å². The molecule has 1 aromatic rings. The van der Waals surface area contributed by atoms with Crippen LogP contribution in [0.5, 0.6) is 0 Å². The van der Waals surface area contributed by atoms with E-state index in [9.17, 15) is 22.8 Å². The summed E-state index contributed by atoms with van der Waals surface area (Å²) in [5, 5.41) is 3.02. The van der Waals surface area contributed by atoms with Gasteiger partial charge in [0.15, 0.2) is 0 Å². The highest BCUT2D eigenvalue weighted by Gasteiger charge is 2.51. The van der Waals surface area contributed by atoms with Gasteiger partial charge in [0.25, 0.3) is 0 Å². The van der Waals surface area contributed by atoms with Gasteiger partial charge in [-0.1, -0.05) is 42.9 Å². The Bertz CT molecular complexity index is 1580. The lowest BCUT2D eigenvalue weighted by Crippen LogP contribution is -2.50. The first-order valence-corrected chi connectivity index (χ1v) is 19.1. The van der Waals surface area contributed by atoms with E-state index in [1.165, 1.54) is 31.4 Å². The molecule has 1 aromatic carbocycles. The quantitative estimate of drug-likeness (QED) is 0.128. The number of hydrogen-bond donors (Lipinski definition) is 1. The second-order valence-electron chi connectivity index (χ2n) is 14.5. The number of epoxide rings is 1. The molecule has 3 heterocycles. The van der Waals surface area contributed by atoms with E-state index in [-0.39, 0.29) is 65.1 Å². The predicted octanol–water partition coefficient (Wildman–Crippen LogP) is 4.30. The zero-order valence-corrected chi connectivity index (χ0v) is 32.0. The van der Waals surface area contributed by atoms with Gasteiger partial charge in [0.1, 0.15) is 6.10 Å². The normalized spacial score (nSPS) is 29.0. The van der Waals surface area contributed by atoms with Crippen LogP contribution in [0, 0.1) is 5.92 Å². The molecule has 4 rings (SSSR count). The molecule has 1 N–H and O–H groups in total. The summed E-state index contributed by atoms with van der Waals surface area (Å²) in [6, 6.07) is 6.47. The van der Waals surface area contributed by atoms with E-state index in [0.717, 1.165) is 30.4 Å². The van der Waals surface area contributed by atoms with Gasteiger partial charge in [0.05, 0.1) is 54.0 Å². The molecule has 3 aliphatic rings. The third-order valence-electron chi connectivity index (χ3n) is 9.70. The lowest BCUT2D eigenvalue weighted by atomic mass is 9.88. The molecule has 0 radical (unpaired) electrons. The molecule has 0 saturated carbocycles. The molecular formula is C38H55N3O9S. The van der Waals surface area contributed by atoms with Crippen LogP contribution in [0.3, 0.4) is 0 Å². The summed E-state index contributed by atoms with van der Waals surface area (Å²) >= 11 is 0. The third kappa shape index (κ3) is 11.8. The minimum Gasteiger partial charge on any atom is -0.459 e. The van der Waals surface area contributed by atoms with E-state index in [1.54, 1.807) is 49.2 Å². The van der Waals surface area contributed by atoms with Crippen molar-refractivity contribution in [1.29, 1.82) is 0 Å². The van der Waals surface area contributed by atoms with Crippen molar-refractivity contribution in [1.82, 2.24) is 14.5 Å². The van der Waals surface area contributed by atoms with Crippen LogP contribution in [0.2, 0.25) is 0 Å². The number of amides is 2. The summed E-state index contributed by atoms with van der Waals surface area (Å²) in [5.41, 5.74) is 1.67. The first-order chi connectivity index (χ1) is 24.0. The number of rotatable bonds is 14. The maximum atomic E-state index is 13.2. The van der Waals surface area contributed by atoms with Gasteiger partial charge in [-0.25, -0.2) is 12.7 Å². The van der Waals surface area contributed by atoms with E-state index in [4.69, 9.17) is 18.9 Å². The fourth-order valence-electron chi connectivity index (χ4n) is 6.57. The molecule has 1 spiro atoms. The fraction of sp³-hybridized carbons (Fsp3) is 0.605. The van der Waals surface area contributed by atoms with Crippen molar-refractivity contribution in [2.75, 3.05) is 27.7 Å². The molecule has 3 saturated heterocycles. The molecule has 0 aromatic heterocycles. The maximum Gasteiger partial charge on any atom is 0.303 e. The number of hydrogen-bond acceptors (Lipinski definition) is 9. The van der Waals surface area contributed by atoms with Crippen LogP contribution in [0.15, 0.2) is 65.1 Å². The summed E-state index contributed by atoms with van der Waals surface area (Å²) in [6.07, 6.45) is 11.3. The van der Waals surface area contributed by atoms with Crippen LogP contribution < -0.4 is 5.32 Å². The van der Waals surface area contributed by atoms with E-state index in [2.05, 4.69) is 24.4 Å². The molecule has 2 amide bonds. The smallest absolute Gasteiger partial charge is 0.303 e. The average molecular weight is 730 g/mol. The molecule has 0 aliphatic carbocycles. The Kier molecular flexibility index (Phi) is 13.8. The predicted molar refractivity (Wildman–Crippen MR) is 193 cm³/mol.